The van der Waals surface area contributed by atoms with E-state index in [0.717, 1.165) is 0 Å². The van der Waals surface area contributed by atoms with Gasteiger partial charge in [0.2, 0.25) is 10.0 Å². The summed E-state index contributed by atoms with van der Waals surface area (Å²) in [6.45, 7) is 6.33. The first-order valence-electron chi connectivity index (χ1n) is 6.73. The van der Waals surface area contributed by atoms with Gasteiger partial charge in [-0.15, -0.1) is 12.4 Å². The maximum Gasteiger partial charge on any atom is 0.269 e. The molecule has 0 saturated carbocycles. The fraction of sp³-hybridized carbons (Fsp3) is 0.538. The number of nitro benzene ring substituents is 1. The third-order valence-electron chi connectivity index (χ3n) is 3.66. The van der Waals surface area contributed by atoms with Gasteiger partial charge >= 0.3 is 0 Å². The Balaban J connectivity index is 0.00000242. The molecule has 22 heavy (non-hydrogen) atoms. The van der Waals surface area contributed by atoms with Crippen LogP contribution < -0.4 is 5.32 Å². The van der Waals surface area contributed by atoms with E-state index < -0.39 is 14.9 Å². The molecule has 0 aliphatic carbocycles. The smallest absolute Gasteiger partial charge is 0.269 e. The number of benzene rings is 1. The maximum absolute atomic E-state index is 12.8. The number of piperazine rings is 1. The SMILES string of the molecule is Cc1cc([N+](=O)[O-])ccc1S(=O)(=O)N1CC(C)NCC1C.Cl. The Morgan fingerprint density at radius 2 is 2.00 bits per heavy atom. The van der Waals surface area contributed by atoms with E-state index in [1.807, 2.05) is 13.8 Å². The van der Waals surface area contributed by atoms with Crippen molar-refractivity contribution in [3.05, 3.63) is 33.9 Å². The zero-order chi connectivity index (χ0) is 15.8. The minimum atomic E-state index is -3.65. The standard InChI is InChI=1S/C13H19N3O4S.ClH/c1-9-6-12(16(17)18)4-5-13(9)21(19,20)15-8-10(2)14-7-11(15)3;/h4-6,10-11,14H,7-8H2,1-3H3;1H. The summed E-state index contributed by atoms with van der Waals surface area (Å²) < 4.78 is 27.0. The van der Waals surface area contributed by atoms with Gasteiger partial charge in [-0.25, -0.2) is 8.42 Å². The fourth-order valence-electron chi connectivity index (χ4n) is 2.49. The van der Waals surface area contributed by atoms with Crippen molar-refractivity contribution in [3.63, 3.8) is 0 Å². The predicted octanol–water partition coefficient (Wildman–Crippen LogP) is 1.70. The number of nitrogens with zero attached hydrogens (tertiary/aromatic N) is 2. The molecule has 0 amide bonds. The van der Waals surface area contributed by atoms with E-state index in [4.69, 9.17) is 0 Å². The van der Waals surface area contributed by atoms with Gasteiger partial charge in [-0.05, 0) is 32.4 Å². The number of halogens is 1. The lowest BCUT2D eigenvalue weighted by Crippen LogP contribution is -2.56. The first-order valence-corrected chi connectivity index (χ1v) is 8.17. The van der Waals surface area contributed by atoms with Crippen LogP contribution in [0.5, 0.6) is 0 Å². The second-order valence-electron chi connectivity index (χ2n) is 5.44. The maximum atomic E-state index is 12.8. The molecule has 1 fully saturated rings. The topological polar surface area (TPSA) is 92.5 Å². The Labute approximate surface area is 136 Å². The average Bonchev–Trinajstić information content (AvgIpc) is 2.40. The first-order chi connectivity index (χ1) is 9.73. The van der Waals surface area contributed by atoms with Crippen LogP contribution in [0, 0.1) is 17.0 Å². The summed E-state index contributed by atoms with van der Waals surface area (Å²) in [4.78, 5) is 10.4. The summed E-state index contributed by atoms with van der Waals surface area (Å²) in [7, 11) is -3.65. The number of sulfonamides is 1. The number of aryl methyl sites for hydroxylation is 1. The minimum absolute atomic E-state index is 0. The van der Waals surface area contributed by atoms with Crippen molar-refractivity contribution in [3.8, 4) is 0 Å². The lowest BCUT2D eigenvalue weighted by atomic mass is 10.2. The van der Waals surface area contributed by atoms with Gasteiger partial charge in [0.05, 0.1) is 9.82 Å². The van der Waals surface area contributed by atoms with Crippen LogP contribution in [0.25, 0.3) is 0 Å². The van der Waals surface area contributed by atoms with Crippen molar-refractivity contribution >= 4 is 28.1 Å². The molecule has 2 atom stereocenters. The van der Waals surface area contributed by atoms with Gasteiger partial charge in [0.25, 0.3) is 5.69 Å². The number of rotatable bonds is 3. The highest BCUT2D eigenvalue weighted by molar-refractivity contribution is 7.89. The quantitative estimate of drug-likeness (QED) is 0.662. The normalized spacial score (nSPS) is 22.9. The molecule has 2 unspecified atom stereocenters. The molecule has 1 heterocycles. The lowest BCUT2D eigenvalue weighted by molar-refractivity contribution is -0.385. The van der Waals surface area contributed by atoms with E-state index >= 15 is 0 Å². The zero-order valence-corrected chi connectivity index (χ0v) is 14.3. The van der Waals surface area contributed by atoms with Gasteiger partial charge < -0.3 is 5.32 Å². The highest BCUT2D eigenvalue weighted by Crippen LogP contribution is 2.26. The van der Waals surface area contributed by atoms with E-state index in [0.29, 0.717) is 18.7 Å². The lowest BCUT2D eigenvalue weighted by Gasteiger charge is -2.36. The van der Waals surface area contributed by atoms with Gasteiger partial charge in [-0.3, -0.25) is 10.1 Å². The van der Waals surface area contributed by atoms with E-state index in [1.165, 1.54) is 22.5 Å². The molecule has 0 bridgehead atoms. The third-order valence-corrected chi connectivity index (χ3v) is 5.80. The number of hydrogen-bond donors (Lipinski definition) is 1. The molecular weight excluding hydrogens is 330 g/mol. The molecule has 124 valence electrons. The van der Waals surface area contributed by atoms with Crippen LogP contribution in [0.2, 0.25) is 0 Å². The molecule has 7 nitrogen and oxygen atoms in total. The Hall–Kier alpha value is -1.22. The highest BCUT2D eigenvalue weighted by Gasteiger charge is 2.34. The van der Waals surface area contributed by atoms with E-state index in [9.17, 15) is 18.5 Å². The largest absolute Gasteiger partial charge is 0.311 e. The Morgan fingerprint density at radius 3 is 2.55 bits per heavy atom. The van der Waals surface area contributed by atoms with E-state index in [2.05, 4.69) is 5.32 Å². The molecular formula is C13H20ClN3O4S. The summed E-state index contributed by atoms with van der Waals surface area (Å²) in [6, 6.07) is 3.77. The summed E-state index contributed by atoms with van der Waals surface area (Å²) in [5, 5.41) is 14.0. The van der Waals surface area contributed by atoms with E-state index in [-0.39, 0.29) is 35.1 Å². The van der Waals surface area contributed by atoms with Crippen LogP contribution in [0.15, 0.2) is 23.1 Å². The van der Waals surface area contributed by atoms with Gasteiger partial charge in [0.1, 0.15) is 0 Å². The number of nitro groups is 1. The first kappa shape index (κ1) is 18.8. The molecule has 1 saturated heterocycles. The van der Waals surface area contributed by atoms with Crippen LogP contribution in [-0.4, -0.2) is 42.8 Å². The van der Waals surface area contributed by atoms with Gasteiger partial charge in [0.15, 0.2) is 0 Å². The van der Waals surface area contributed by atoms with Crippen LogP contribution >= 0.6 is 12.4 Å². The molecule has 2 rings (SSSR count). The molecule has 1 aromatic carbocycles. The van der Waals surface area contributed by atoms with Crippen LogP contribution in [0.3, 0.4) is 0 Å². The highest BCUT2D eigenvalue weighted by atomic mass is 35.5. The van der Waals surface area contributed by atoms with Crippen molar-refractivity contribution in [2.24, 2.45) is 0 Å². The minimum Gasteiger partial charge on any atom is -0.311 e. The average molecular weight is 350 g/mol. The van der Waals surface area contributed by atoms with Gasteiger partial charge in [0, 0.05) is 37.3 Å². The van der Waals surface area contributed by atoms with Gasteiger partial charge in [-0.1, -0.05) is 0 Å². The summed E-state index contributed by atoms with van der Waals surface area (Å²) in [6.07, 6.45) is 0. The Kier molecular flexibility index (Phi) is 5.91. The van der Waals surface area contributed by atoms with Crippen molar-refractivity contribution in [1.82, 2.24) is 9.62 Å². The van der Waals surface area contributed by atoms with Crippen molar-refractivity contribution in [2.45, 2.75) is 37.8 Å². The van der Waals surface area contributed by atoms with Crippen LogP contribution in [-0.2, 0) is 10.0 Å². The fourth-order valence-corrected chi connectivity index (χ4v) is 4.41. The second kappa shape index (κ2) is 6.91. The number of nitrogens with one attached hydrogen (secondary N) is 1. The Bertz CT molecular complexity index is 665. The van der Waals surface area contributed by atoms with Crippen LogP contribution in [0.4, 0.5) is 5.69 Å². The van der Waals surface area contributed by atoms with Crippen molar-refractivity contribution < 1.29 is 13.3 Å². The predicted molar refractivity (Wildman–Crippen MR) is 85.9 cm³/mol. The molecule has 9 heteroatoms. The van der Waals surface area contributed by atoms with Crippen molar-refractivity contribution in [2.75, 3.05) is 13.1 Å². The van der Waals surface area contributed by atoms with E-state index in [1.54, 1.807) is 6.92 Å². The molecule has 1 aliphatic heterocycles. The number of hydrogen-bond acceptors (Lipinski definition) is 5. The summed E-state index contributed by atoms with van der Waals surface area (Å²) in [5.74, 6) is 0. The third kappa shape index (κ3) is 3.57. The molecule has 0 radical (unpaired) electrons. The molecule has 0 spiro atoms. The second-order valence-corrected chi connectivity index (χ2v) is 7.30. The molecule has 0 aromatic heterocycles. The summed E-state index contributed by atoms with van der Waals surface area (Å²) in [5.41, 5.74) is 0.288. The monoisotopic (exact) mass is 349 g/mol. The van der Waals surface area contributed by atoms with Crippen LogP contribution in [0.1, 0.15) is 19.4 Å². The molecule has 1 aliphatic rings. The van der Waals surface area contributed by atoms with Gasteiger partial charge in [-0.2, -0.15) is 4.31 Å². The zero-order valence-electron chi connectivity index (χ0n) is 12.6. The Morgan fingerprint density at radius 1 is 1.36 bits per heavy atom. The van der Waals surface area contributed by atoms with Crippen molar-refractivity contribution in [1.29, 1.82) is 0 Å². The summed E-state index contributed by atoms with van der Waals surface area (Å²) >= 11 is 0. The number of non-ortho nitro benzene ring substituents is 1. The molecule has 1 N–H and O–H groups in total. The molecule has 1 aromatic rings.